The predicted molar refractivity (Wildman–Crippen MR) is 78.9 cm³/mol. The first-order valence-electron chi connectivity index (χ1n) is 6.19. The van der Waals surface area contributed by atoms with Crippen molar-refractivity contribution in [1.82, 2.24) is 15.6 Å². The molecule has 0 aromatic carbocycles. The molecular formula is C12H18ClN5O3. The van der Waals surface area contributed by atoms with Crippen molar-refractivity contribution in [2.75, 3.05) is 25.7 Å². The molecule has 0 aliphatic carbocycles. The number of ether oxygens (including phenoxy) is 1. The van der Waals surface area contributed by atoms with Gasteiger partial charge in [-0.2, -0.15) is 0 Å². The Bertz CT molecular complexity index is 512. The molecule has 8 nitrogen and oxygen atoms in total. The third-order valence-corrected chi connectivity index (χ3v) is 2.74. The molecule has 0 bridgehead atoms. The number of hydrazine groups is 1. The minimum Gasteiger partial charge on any atom is -0.383 e. The fourth-order valence-corrected chi connectivity index (χ4v) is 1.69. The number of hydrogen-bond acceptors (Lipinski definition) is 6. The molecule has 0 aliphatic heterocycles. The minimum absolute atomic E-state index is 0.118. The topological polar surface area (TPSA) is 118 Å². The van der Waals surface area contributed by atoms with Gasteiger partial charge in [-0.3, -0.25) is 9.59 Å². The van der Waals surface area contributed by atoms with Crippen LogP contribution >= 0.6 is 11.6 Å². The van der Waals surface area contributed by atoms with E-state index in [-0.39, 0.29) is 22.4 Å². The molecule has 0 saturated heterocycles. The number of pyridine rings is 1. The SMILES string of the molecule is COCCNC(=O)C(C)NC(=O)c1cc(Cl)nc(NN)c1. The molecule has 1 atom stereocenters. The average molecular weight is 316 g/mol. The van der Waals surface area contributed by atoms with Gasteiger partial charge >= 0.3 is 0 Å². The maximum Gasteiger partial charge on any atom is 0.252 e. The number of nitrogens with zero attached hydrogens (tertiary/aromatic N) is 1. The van der Waals surface area contributed by atoms with Crippen LogP contribution in [0, 0.1) is 0 Å². The van der Waals surface area contributed by atoms with Gasteiger partial charge in [0.2, 0.25) is 5.91 Å². The van der Waals surface area contributed by atoms with Gasteiger partial charge in [-0.15, -0.1) is 0 Å². The van der Waals surface area contributed by atoms with Crippen molar-refractivity contribution < 1.29 is 14.3 Å². The highest BCUT2D eigenvalue weighted by atomic mass is 35.5. The van der Waals surface area contributed by atoms with E-state index >= 15 is 0 Å². The predicted octanol–water partition coefficient (Wildman–Crippen LogP) is -0.0985. The zero-order valence-corrected chi connectivity index (χ0v) is 12.5. The van der Waals surface area contributed by atoms with Crippen molar-refractivity contribution in [3.8, 4) is 0 Å². The number of nitrogen functional groups attached to an aromatic ring is 1. The first-order chi connectivity index (χ1) is 9.97. The number of nitrogens with two attached hydrogens (primary N) is 1. The number of methoxy groups -OCH3 is 1. The van der Waals surface area contributed by atoms with Gasteiger partial charge in [-0.25, -0.2) is 10.8 Å². The second-order valence-corrected chi connectivity index (χ2v) is 4.57. The number of aromatic nitrogens is 1. The summed E-state index contributed by atoms with van der Waals surface area (Å²) >= 11 is 5.78. The highest BCUT2D eigenvalue weighted by Gasteiger charge is 2.17. The molecule has 0 fully saturated rings. The molecule has 1 heterocycles. The van der Waals surface area contributed by atoms with E-state index in [1.165, 1.54) is 19.2 Å². The molecule has 0 saturated carbocycles. The zero-order chi connectivity index (χ0) is 15.8. The zero-order valence-electron chi connectivity index (χ0n) is 11.8. The first kappa shape index (κ1) is 17.2. The van der Waals surface area contributed by atoms with Crippen LogP contribution in [0.15, 0.2) is 12.1 Å². The van der Waals surface area contributed by atoms with Crippen molar-refractivity contribution in [3.63, 3.8) is 0 Å². The molecule has 1 aromatic heterocycles. The van der Waals surface area contributed by atoms with Crippen molar-refractivity contribution in [1.29, 1.82) is 0 Å². The molecule has 1 rings (SSSR count). The number of carbonyl (C=O) groups excluding carboxylic acids is 2. The van der Waals surface area contributed by atoms with E-state index in [0.717, 1.165) is 0 Å². The quantitative estimate of drug-likeness (QED) is 0.241. The fourth-order valence-electron chi connectivity index (χ4n) is 1.48. The van der Waals surface area contributed by atoms with E-state index in [1.807, 2.05) is 0 Å². The van der Waals surface area contributed by atoms with Gasteiger partial charge in [0.25, 0.3) is 5.91 Å². The molecule has 21 heavy (non-hydrogen) atoms. The fraction of sp³-hybridized carbons (Fsp3) is 0.417. The van der Waals surface area contributed by atoms with Crippen LogP contribution in [0.2, 0.25) is 5.15 Å². The Balaban J connectivity index is 2.63. The number of anilines is 1. The van der Waals surface area contributed by atoms with Crippen LogP contribution in [-0.4, -0.2) is 43.1 Å². The summed E-state index contributed by atoms with van der Waals surface area (Å²) in [5.41, 5.74) is 2.55. The summed E-state index contributed by atoms with van der Waals surface area (Å²) in [7, 11) is 1.54. The Morgan fingerprint density at radius 1 is 1.48 bits per heavy atom. The number of amides is 2. The summed E-state index contributed by atoms with van der Waals surface area (Å²) in [6, 6.07) is 2.11. The van der Waals surface area contributed by atoms with Gasteiger partial charge in [0.1, 0.15) is 17.0 Å². The number of hydrogen-bond donors (Lipinski definition) is 4. The summed E-state index contributed by atoms with van der Waals surface area (Å²) < 4.78 is 4.82. The summed E-state index contributed by atoms with van der Waals surface area (Å²) in [6.07, 6.45) is 0. The van der Waals surface area contributed by atoms with Gasteiger partial charge in [0.15, 0.2) is 0 Å². The Kier molecular flexibility index (Phi) is 6.86. The lowest BCUT2D eigenvalue weighted by Gasteiger charge is -2.14. The molecule has 2 amide bonds. The standard InChI is InChI=1S/C12H18ClN5O3/c1-7(11(19)15-3-4-21-2)16-12(20)8-5-9(13)17-10(6-8)18-14/h5-7H,3-4,14H2,1-2H3,(H,15,19)(H,16,20)(H,17,18). The van der Waals surface area contributed by atoms with E-state index in [2.05, 4.69) is 21.0 Å². The monoisotopic (exact) mass is 315 g/mol. The molecule has 0 aliphatic rings. The van der Waals surface area contributed by atoms with Gasteiger partial charge in [-0.05, 0) is 19.1 Å². The number of rotatable bonds is 7. The largest absolute Gasteiger partial charge is 0.383 e. The smallest absolute Gasteiger partial charge is 0.252 e. The maximum absolute atomic E-state index is 12.0. The third-order valence-electron chi connectivity index (χ3n) is 2.55. The van der Waals surface area contributed by atoms with Crippen molar-refractivity contribution in [2.45, 2.75) is 13.0 Å². The van der Waals surface area contributed by atoms with E-state index < -0.39 is 11.9 Å². The second-order valence-electron chi connectivity index (χ2n) is 4.19. The van der Waals surface area contributed by atoms with Gasteiger partial charge in [0.05, 0.1) is 6.61 Å². The minimum atomic E-state index is -0.699. The molecule has 0 spiro atoms. The molecule has 1 aromatic rings. The van der Waals surface area contributed by atoms with Crippen molar-refractivity contribution >= 4 is 29.2 Å². The Hall–Kier alpha value is -1.90. The highest BCUT2D eigenvalue weighted by Crippen LogP contribution is 2.13. The van der Waals surface area contributed by atoms with Crippen LogP contribution in [0.25, 0.3) is 0 Å². The van der Waals surface area contributed by atoms with Crippen molar-refractivity contribution in [3.05, 3.63) is 22.8 Å². The highest BCUT2D eigenvalue weighted by molar-refractivity contribution is 6.29. The maximum atomic E-state index is 12.0. The summed E-state index contributed by atoms with van der Waals surface area (Å²) in [5.74, 6) is 4.72. The Morgan fingerprint density at radius 2 is 2.19 bits per heavy atom. The summed E-state index contributed by atoms with van der Waals surface area (Å²) in [4.78, 5) is 27.6. The van der Waals surface area contributed by atoms with E-state index in [4.69, 9.17) is 22.2 Å². The van der Waals surface area contributed by atoms with E-state index in [0.29, 0.717) is 13.2 Å². The van der Waals surface area contributed by atoms with Crippen LogP contribution in [0.3, 0.4) is 0 Å². The Morgan fingerprint density at radius 3 is 2.81 bits per heavy atom. The lowest BCUT2D eigenvalue weighted by molar-refractivity contribution is -0.122. The molecule has 1 unspecified atom stereocenters. The lowest BCUT2D eigenvalue weighted by Crippen LogP contribution is -2.45. The first-order valence-corrected chi connectivity index (χ1v) is 6.57. The van der Waals surface area contributed by atoms with Crippen LogP contribution in [0.1, 0.15) is 17.3 Å². The van der Waals surface area contributed by atoms with Gasteiger partial charge in [0, 0.05) is 19.2 Å². The van der Waals surface area contributed by atoms with Crippen LogP contribution in [0.4, 0.5) is 5.82 Å². The van der Waals surface area contributed by atoms with Crippen LogP contribution in [0.5, 0.6) is 0 Å². The van der Waals surface area contributed by atoms with E-state index in [9.17, 15) is 9.59 Å². The van der Waals surface area contributed by atoms with Crippen molar-refractivity contribution in [2.24, 2.45) is 5.84 Å². The Labute approximate surface area is 127 Å². The second kappa shape index (κ2) is 8.40. The van der Waals surface area contributed by atoms with Crippen LogP contribution < -0.4 is 21.9 Å². The molecule has 116 valence electrons. The molecule has 0 radical (unpaired) electrons. The summed E-state index contributed by atoms with van der Waals surface area (Å²) in [6.45, 7) is 2.35. The lowest BCUT2D eigenvalue weighted by atomic mass is 10.2. The third kappa shape index (κ3) is 5.54. The summed E-state index contributed by atoms with van der Waals surface area (Å²) in [5, 5.41) is 5.30. The molecule has 5 N–H and O–H groups in total. The van der Waals surface area contributed by atoms with Gasteiger partial charge in [-0.1, -0.05) is 11.6 Å². The van der Waals surface area contributed by atoms with Gasteiger partial charge < -0.3 is 20.8 Å². The number of carbonyl (C=O) groups is 2. The van der Waals surface area contributed by atoms with Crippen LogP contribution in [-0.2, 0) is 9.53 Å². The normalized spacial score (nSPS) is 11.6. The van der Waals surface area contributed by atoms with E-state index in [1.54, 1.807) is 6.92 Å². The number of halogens is 1. The number of nitrogens with one attached hydrogen (secondary N) is 3. The average Bonchev–Trinajstić information content (AvgIpc) is 2.46. The molecule has 9 heteroatoms. The molecular weight excluding hydrogens is 298 g/mol.